The first-order chi connectivity index (χ1) is 6.22. The van der Waals surface area contributed by atoms with E-state index in [1.807, 2.05) is 28.7 Å². The van der Waals surface area contributed by atoms with Crippen LogP contribution in [0.15, 0.2) is 0 Å². The van der Waals surface area contributed by atoms with E-state index in [1.165, 1.54) is 0 Å². The van der Waals surface area contributed by atoms with Gasteiger partial charge in [-0.1, -0.05) is 0 Å². The smallest absolute Gasteiger partial charge is 0.225 e. The maximum Gasteiger partial charge on any atom is 0.225 e. The number of hydrogen-bond acceptors (Lipinski definition) is 4. The SMILES string of the molecule is N#Cc1nc(Cl)nc2n[nH]c(I)c12. The average Bonchev–Trinajstić information content (AvgIpc) is 2.46. The summed E-state index contributed by atoms with van der Waals surface area (Å²) in [6.07, 6.45) is 0. The first kappa shape index (κ1) is 8.65. The highest BCUT2D eigenvalue weighted by molar-refractivity contribution is 14.1. The summed E-state index contributed by atoms with van der Waals surface area (Å²) >= 11 is 7.60. The molecule has 2 heterocycles. The zero-order valence-corrected chi connectivity index (χ0v) is 8.96. The summed E-state index contributed by atoms with van der Waals surface area (Å²) in [4.78, 5) is 7.64. The Morgan fingerprint density at radius 3 is 2.92 bits per heavy atom. The topological polar surface area (TPSA) is 78.2 Å². The van der Waals surface area contributed by atoms with Crippen molar-refractivity contribution in [2.45, 2.75) is 0 Å². The highest BCUT2D eigenvalue weighted by atomic mass is 127. The van der Waals surface area contributed by atoms with Crippen molar-refractivity contribution < 1.29 is 0 Å². The summed E-state index contributed by atoms with van der Waals surface area (Å²) in [5, 5.41) is 16.0. The van der Waals surface area contributed by atoms with E-state index < -0.39 is 0 Å². The number of aromatic amines is 1. The zero-order valence-electron chi connectivity index (χ0n) is 6.04. The molecule has 0 saturated heterocycles. The lowest BCUT2D eigenvalue weighted by molar-refractivity contribution is 1.07. The number of nitrogens with one attached hydrogen (secondary N) is 1. The molecular weight excluding hydrogens is 304 g/mol. The Hall–Kier alpha value is -0.940. The summed E-state index contributed by atoms with van der Waals surface area (Å²) < 4.78 is 0.737. The van der Waals surface area contributed by atoms with Gasteiger partial charge in [0.2, 0.25) is 5.28 Å². The Kier molecular flexibility index (Phi) is 2.05. The Bertz CT molecular complexity index is 513. The van der Waals surface area contributed by atoms with Crippen molar-refractivity contribution in [1.82, 2.24) is 20.2 Å². The number of nitrogens with zero attached hydrogens (tertiary/aromatic N) is 4. The van der Waals surface area contributed by atoms with Gasteiger partial charge in [0.15, 0.2) is 11.3 Å². The highest BCUT2D eigenvalue weighted by Gasteiger charge is 2.11. The molecule has 5 nitrogen and oxygen atoms in total. The molecule has 2 aromatic heterocycles. The van der Waals surface area contributed by atoms with E-state index in [2.05, 4.69) is 20.2 Å². The molecule has 0 aliphatic carbocycles. The van der Waals surface area contributed by atoms with E-state index in [4.69, 9.17) is 16.9 Å². The van der Waals surface area contributed by atoms with Crippen LogP contribution in [0.5, 0.6) is 0 Å². The summed E-state index contributed by atoms with van der Waals surface area (Å²) in [5.41, 5.74) is 0.661. The molecule has 0 atom stereocenters. The van der Waals surface area contributed by atoms with Gasteiger partial charge in [0.25, 0.3) is 0 Å². The van der Waals surface area contributed by atoms with E-state index >= 15 is 0 Å². The second kappa shape index (κ2) is 3.08. The maximum atomic E-state index is 8.76. The van der Waals surface area contributed by atoms with Gasteiger partial charge >= 0.3 is 0 Å². The maximum absolute atomic E-state index is 8.76. The van der Waals surface area contributed by atoms with Crippen LogP contribution in [0.1, 0.15) is 5.69 Å². The van der Waals surface area contributed by atoms with Gasteiger partial charge in [-0.25, -0.2) is 4.98 Å². The molecule has 0 unspecified atom stereocenters. The minimum Gasteiger partial charge on any atom is -0.269 e. The molecule has 2 rings (SSSR count). The molecule has 0 aliphatic rings. The number of H-pyrrole nitrogens is 1. The van der Waals surface area contributed by atoms with Crippen LogP contribution in [0.3, 0.4) is 0 Å². The quantitative estimate of drug-likeness (QED) is 0.591. The second-order valence-corrected chi connectivity index (χ2v) is 3.61. The number of fused-ring (bicyclic) bond motifs is 1. The van der Waals surface area contributed by atoms with Crippen LogP contribution in [0, 0.1) is 15.0 Å². The fourth-order valence-electron chi connectivity index (χ4n) is 0.944. The van der Waals surface area contributed by atoms with Gasteiger partial charge < -0.3 is 0 Å². The van der Waals surface area contributed by atoms with Gasteiger partial charge in [-0.2, -0.15) is 15.3 Å². The minimum atomic E-state index is 0.0342. The molecule has 0 bridgehead atoms. The molecule has 7 heteroatoms. The largest absolute Gasteiger partial charge is 0.269 e. The third-order valence-corrected chi connectivity index (χ3v) is 2.40. The monoisotopic (exact) mass is 305 g/mol. The van der Waals surface area contributed by atoms with Crippen molar-refractivity contribution >= 4 is 45.2 Å². The van der Waals surface area contributed by atoms with E-state index in [9.17, 15) is 0 Å². The zero-order chi connectivity index (χ0) is 9.42. The third kappa shape index (κ3) is 1.34. The molecule has 0 amide bonds. The first-order valence-electron chi connectivity index (χ1n) is 3.19. The molecule has 0 aromatic carbocycles. The molecule has 1 N–H and O–H groups in total. The fourth-order valence-corrected chi connectivity index (χ4v) is 1.73. The van der Waals surface area contributed by atoms with Gasteiger partial charge in [-0.05, 0) is 34.2 Å². The lowest BCUT2D eigenvalue weighted by atomic mass is 10.3. The lowest BCUT2D eigenvalue weighted by Crippen LogP contribution is -1.89. The van der Waals surface area contributed by atoms with Gasteiger partial charge in [0.1, 0.15) is 9.77 Å². The van der Waals surface area contributed by atoms with Crippen LogP contribution in [0.25, 0.3) is 11.0 Å². The molecule has 13 heavy (non-hydrogen) atoms. The molecule has 0 aliphatic heterocycles. The predicted molar refractivity (Wildman–Crippen MR) is 54.1 cm³/mol. The van der Waals surface area contributed by atoms with Gasteiger partial charge in [-0.3, -0.25) is 5.10 Å². The number of nitriles is 1. The van der Waals surface area contributed by atoms with Crippen molar-refractivity contribution in [3.63, 3.8) is 0 Å². The molecule has 0 radical (unpaired) electrons. The molecular formula is C6HClIN5. The van der Waals surface area contributed by atoms with Crippen molar-refractivity contribution in [3.05, 3.63) is 14.7 Å². The van der Waals surface area contributed by atoms with Crippen molar-refractivity contribution in [3.8, 4) is 6.07 Å². The van der Waals surface area contributed by atoms with Crippen molar-refractivity contribution in [2.75, 3.05) is 0 Å². The Morgan fingerprint density at radius 2 is 2.23 bits per heavy atom. The molecule has 0 fully saturated rings. The van der Waals surface area contributed by atoms with Crippen LogP contribution >= 0.6 is 34.2 Å². The second-order valence-electron chi connectivity index (χ2n) is 2.19. The van der Waals surface area contributed by atoms with Crippen LogP contribution < -0.4 is 0 Å². The predicted octanol–water partition coefficient (Wildman–Crippen LogP) is 1.48. The van der Waals surface area contributed by atoms with Crippen LogP contribution in [0.4, 0.5) is 0 Å². The average molecular weight is 305 g/mol. The van der Waals surface area contributed by atoms with Gasteiger partial charge in [-0.15, -0.1) is 0 Å². The molecule has 0 spiro atoms. The first-order valence-corrected chi connectivity index (χ1v) is 4.65. The molecule has 2 aromatic rings. The van der Waals surface area contributed by atoms with Gasteiger partial charge in [0, 0.05) is 0 Å². The van der Waals surface area contributed by atoms with Crippen molar-refractivity contribution in [2.24, 2.45) is 0 Å². The normalized spacial score (nSPS) is 10.2. The third-order valence-electron chi connectivity index (χ3n) is 1.45. The van der Waals surface area contributed by atoms with Crippen LogP contribution in [0.2, 0.25) is 5.28 Å². The number of rotatable bonds is 0. The number of aromatic nitrogens is 4. The Labute approximate surface area is 91.3 Å². The standard InChI is InChI=1S/C6HClIN5/c7-6-10-2(1-9)3-4(8)12-13-5(3)11-6/h(H,10,11,12,13). The summed E-state index contributed by atoms with van der Waals surface area (Å²) in [7, 11) is 0. The minimum absolute atomic E-state index is 0.0342. The molecule has 0 saturated carbocycles. The van der Waals surface area contributed by atoms with E-state index in [0.717, 1.165) is 3.70 Å². The summed E-state index contributed by atoms with van der Waals surface area (Å²) in [5.74, 6) is 0. The number of halogens is 2. The summed E-state index contributed by atoms with van der Waals surface area (Å²) in [6, 6.07) is 1.94. The van der Waals surface area contributed by atoms with Crippen LogP contribution in [-0.4, -0.2) is 20.2 Å². The van der Waals surface area contributed by atoms with Crippen LogP contribution in [-0.2, 0) is 0 Å². The summed E-state index contributed by atoms with van der Waals surface area (Å²) in [6.45, 7) is 0. The fraction of sp³-hybridized carbons (Fsp3) is 0. The van der Waals surface area contributed by atoms with E-state index in [-0.39, 0.29) is 11.0 Å². The Balaban J connectivity index is 2.95. The lowest BCUT2D eigenvalue weighted by Gasteiger charge is -1.91. The Morgan fingerprint density at radius 1 is 1.46 bits per heavy atom. The van der Waals surface area contributed by atoms with Gasteiger partial charge in [0.05, 0.1) is 5.39 Å². The molecule has 64 valence electrons. The highest BCUT2D eigenvalue weighted by Crippen LogP contribution is 2.20. The van der Waals surface area contributed by atoms with E-state index in [0.29, 0.717) is 11.0 Å². The van der Waals surface area contributed by atoms with Crippen molar-refractivity contribution in [1.29, 1.82) is 5.26 Å². The number of hydrogen-bond donors (Lipinski definition) is 1. The van der Waals surface area contributed by atoms with E-state index in [1.54, 1.807) is 0 Å².